The molecule has 3 aliphatic rings. The predicted molar refractivity (Wildman–Crippen MR) is 94.2 cm³/mol. The van der Waals surface area contributed by atoms with Crippen LogP contribution in [0.25, 0.3) is 0 Å². The normalized spacial score (nSPS) is 28.3. The van der Waals surface area contributed by atoms with Gasteiger partial charge in [0.15, 0.2) is 5.82 Å². The van der Waals surface area contributed by atoms with Crippen molar-refractivity contribution in [3.05, 3.63) is 30.4 Å². The summed E-state index contributed by atoms with van der Waals surface area (Å²) in [5.41, 5.74) is 0. The van der Waals surface area contributed by atoms with Crippen molar-refractivity contribution in [1.82, 2.24) is 34.5 Å². The Morgan fingerprint density at radius 2 is 2.00 bits per heavy atom. The van der Waals surface area contributed by atoms with Gasteiger partial charge in [0.1, 0.15) is 5.82 Å². The van der Waals surface area contributed by atoms with Crippen molar-refractivity contribution in [2.75, 3.05) is 26.2 Å². The molecule has 1 unspecified atom stereocenters. The first-order chi connectivity index (χ1) is 12.7. The van der Waals surface area contributed by atoms with Crippen molar-refractivity contribution < 1.29 is 4.79 Å². The van der Waals surface area contributed by atoms with E-state index < -0.39 is 0 Å². The molecule has 3 atom stereocenters. The van der Waals surface area contributed by atoms with E-state index >= 15 is 0 Å². The average molecular weight is 355 g/mol. The summed E-state index contributed by atoms with van der Waals surface area (Å²) < 4.78 is 4.11. The summed E-state index contributed by atoms with van der Waals surface area (Å²) in [6, 6.07) is 0. The second kappa shape index (κ2) is 6.19. The van der Waals surface area contributed by atoms with E-state index in [2.05, 4.69) is 30.0 Å². The third-order valence-electron chi connectivity index (χ3n) is 6.43. The number of amides is 1. The zero-order valence-electron chi connectivity index (χ0n) is 15.1. The Hall–Kier alpha value is -2.22. The van der Waals surface area contributed by atoms with Crippen molar-refractivity contribution in [1.29, 1.82) is 0 Å². The van der Waals surface area contributed by atoms with E-state index in [0.717, 1.165) is 50.7 Å². The highest BCUT2D eigenvalue weighted by molar-refractivity contribution is 5.82. The van der Waals surface area contributed by atoms with Crippen LogP contribution in [0.2, 0.25) is 0 Å². The molecule has 2 aromatic rings. The summed E-state index contributed by atoms with van der Waals surface area (Å²) in [4.78, 5) is 18.9. The molecule has 8 nitrogen and oxygen atoms in total. The van der Waals surface area contributed by atoms with Crippen LogP contribution in [0, 0.1) is 17.8 Å². The number of nitrogens with one attached hydrogen (secondary N) is 1. The van der Waals surface area contributed by atoms with E-state index in [4.69, 9.17) is 0 Å². The largest absolute Gasteiger partial charge is 0.342 e. The third kappa shape index (κ3) is 2.63. The smallest absolute Gasteiger partial charge is 0.226 e. The summed E-state index contributed by atoms with van der Waals surface area (Å²) >= 11 is 0. The number of fused-ring (bicyclic) bond motifs is 1. The van der Waals surface area contributed by atoms with Crippen LogP contribution in [0.4, 0.5) is 0 Å². The Morgan fingerprint density at radius 1 is 1.23 bits per heavy atom. The minimum absolute atomic E-state index is 0.296. The second-order valence-corrected chi connectivity index (χ2v) is 7.88. The van der Waals surface area contributed by atoms with Crippen LogP contribution in [0.3, 0.4) is 0 Å². The van der Waals surface area contributed by atoms with Crippen LogP contribution < -0.4 is 5.32 Å². The topological polar surface area (TPSA) is 80.9 Å². The molecule has 0 radical (unpaired) electrons. The van der Waals surface area contributed by atoms with Crippen molar-refractivity contribution in [3.8, 4) is 0 Å². The summed E-state index contributed by atoms with van der Waals surface area (Å²) in [5, 5.41) is 12.2. The first-order valence-electron chi connectivity index (χ1n) is 9.56. The number of hydrogen-bond donors (Lipinski definition) is 1. The maximum absolute atomic E-state index is 12.7. The fourth-order valence-electron chi connectivity index (χ4n) is 4.77. The highest BCUT2D eigenvalue weighted by atomic mass is 16.2. The molecule has 8 heteroatoms. The summed E-state index contributed by atoms with van der Waals surface area (Å²) in [7, 11) is 2.04. The number of nitrogens with zero attached hydrogens (tertiary/aromatic N) is 6. The van der Waals surface area contributed by atoms with Crippen LogP contribution >= 0.6 is 0 Å². The summed E-state index contributed by atoms with van der Waals surface area (Å²) in [6.07, 6.45) is 7.45. The quantitative estimate of drug-likeness (QED) is 0.849. The molecule has 2 aromatic heterocycles. The molecule has 5 rings (SSSR count). The van der Waals surface area contributed by atoms with Gasteiger partial charge >= 0.3 is 0 Å². The number of aromatic nitrogens is 5. The van der Waals surface area contributed by atoms with Gasteiger partial charge in [-0.15, -0.1) is 10.2 Å². The molecule has 1 saturated carbocycles. The lowest BCUT2D eigenvalue weighted by atomic mass is 9.95. The molecule has 0 aromatic carbocycles. The van der Waals surface area contributed by atoms with Crippen molar-refractivity contribution >= 4 is 5.91 Å². The van der Waals surface area contributed by atoms with Crippen molar-refractivity contribution in [3.63, 3.8) is 0 Å². The summed E-state index contributed by atoms with van der Waals surface area (Å²) in [6.45, 7) is 4.42. The molecule has 1 N–H and O–H groups in total. The zero-order chi connectivity index (χ0) is 17.7. The average Bonchev–Trinajstić information content (AvgIpc) is 3.12. The van der Waals surface area contributed by atoms with Gasteiger partial charge < -0.3 is 19.4 Å². The van der Waals surface area contributed by atoms with Crippen LogP contribution in [-0.4, -0.2) is 61.3 Å². The number of hydrogen-bond acceptors (Lipinski definition) is 5. The standard InChI is InChI=1S/C18H25N7O/c1-23-15(10-24-7-4-19-11-24)21-22-17(23)12-2-5-25(6-3-12)18(26)16-13-8-20-9-14(13)16/h4,7,11-14,16,20H,2-3,5-6,8-10H2,1H3/t13-,14+,16?. The number of carbonyl (C=O) groups excluding carboxylic acids is 1. The fraction of sp³-hybridized carbons (Fsp3) is 0.667. The molecule has 26 heavy (non-hydrogen) atoms. The van der Waals surface area contributed by atoms with E-state index in [1.54, 1.807) is 12.5 Å². The predicted octanol–water partition coefficient (Wildman–Crippen LogP) is 0.231. The molecule has 2 aliphatic heterocycles. The minimum Gasteiger partial charge on any atom is -0.342 e. The minimum atomic E-state index is 0.296. The molecule has 1 amide bonds. The molecule has 3 fully saturated rings. The zero-order valence-corrected chi connectivity index (χ0v) is 15.1. The number of likely N-dealkylation sites (tertiary alicyclic amines) is 1. The van der Waals surface area contributed by atoms with Crippen LogP contribution in [0.5, 0.6) is 0 Å². The molecule has 138 valence electrons. The van der Waals surface area contributed by atoms with Gasteiger partial charge in [-0.25, -0.2) is 4.98 Å². The lowest BCUT2D eigenvalue weighted by Crippen LogP contribution is -2.40. The van der Waals surface area contributed by atoms with Gasteiger partial charge in [0.25, 0.3) is 0 Å². The fourth-order valence-corrected chi connectivity index (χ4v) is 4.77. The molecule has 4 heterocycles. The molecular formula is C18H25N7O. The monoisotopic (exact) mass is 355 g/mol. The number of rotatable bonds is 4. The van der Waals surface area contributed by atoms with Gasteiger partial charge in [0.05, 0.1) is 12.9 Å². The van der Waals surface area contributed by atoms with E-state index in [1.807, 2.05) is 17.8 Å². The molecule has 2 saturated heterocycles. The molecular weight excluding hydrogens is 330 g/mol. The lowest BCUT2D eigenvalue weighted by Gasteiger charge is -2.32. The third-order valence-corrected chi connectivity index (χ3v) is 6.43. The number of piperidine rings is 2. The highest BCUT2D eigenvalue weighted by Gasteiger charge is 2.57. The Labute approximate surface area is 152 Å². The Morgan fingerprint density at radius 3 is 2.69 bits per heavy atom. The van der Waals surface area contributed by atoms with Crippen LogP contribution in [0.15, 0.2) is 18.7 Å². The van der Waals surface area contributed by atoms with E-state index in [-0.39, 0.29) is 0 Å². The van der Waals surface area contributed by atoms with E-state index in [0.29, 0.717) is 36.1 Å². The Kier molecular flexibility index (Phi) is 3.81. The molecule has 0 bridgehead atoms. The molecule has 0 spiro atoms. The van der Waals surface area contributed by atoms with Crippen molar-refractivity contribution in [2.24, 2.45) is 24.8 Å². The highest BCUT2D eigenvalue weighted by Crippen LogP contribution is 2.49. The Balaban J connectivity index is 1.20. The maximum Gasteiger partial charge on any atom is 0.226 e. The van der Waals surface area contributed by atoms with Crippen LogP contribution in [0.1, 0.15) is 30.4 Å². The van der Waals surface area contributed by atoms with Gasteiger partial charge in [-0.1, -0.05) is 0 Å². The van der Waals surface area contributed by atoms with Crippen LogP contribution in [-0.2, 0) is 18.4 Å². The second-order valence-electron chi connectivity index (χ2n) is 7.88. The van der Waals surface area contributed by atoms with Gasteiger partial charge in [-0.3, -0.25) is 4.79 Å². The lowest BCUT2D eigenvalue weighted by molar-refractivity contribution is -0.134. The van der Waals surface area contributed by atoms with Gasteiger partial charge in [0, 0.05) is 44.4 Å². The van der Waals surface area contributed by atoms with E-state index in [9.17, 15) is 4.79 Å². The van der Waals surface area contributed by atoms with Gasteiger partial charge in [-0.05, 0) is 37.8 Å². The van der Waals surface area contributed by atoms with E-state index in [1.165, 1.54) is 0 Å². The maximum atomic E-state index is 12.7. The number of imidazole rings is 1. The van der Waals surface area contributed by atoms with Gasteiger partial charge in [0.2, 0.25) is 5.91 Å². The summed E-state index contributed by atoms with van der Waals surface area (Å²) in [5.74, 6) is 4.25. The first-order valence-corrected chi connectivity index (χ1v) is 9.56. The Bertz CT molecular complexity index is 781. The first kappa shape index (κ1) is 16.0. The SMILES string of the molecule is Cn1c(Cn2ccnc2)nnc1C1CCN(C(=O)C2[C@H]3CNC[C@@H]23)CC1. The van der Waals surface area contributed by atoms with Crippen molar-refractivity contribution in [2.45, 2.75) is 25.3 Å². The molecule has 1 aliphatic carbocycles. The number of carbonyl (C=O) groups is 1. The van der Waals surface area contributed by atoms with Gasteiger partial charge in [-0.2, -0.15) is 0 Å².